The Morgan fingerprint density at radius 2 is 1.94 bits per heavy atom. The van der Waals surface area contributed by atoms with Crippen molar-refractivity contribution < 1.29 is 9.47 Å². The van der Waals surface area contributed by atoms with Gasteiger partial charge in [-0.25, -0.2) is 0 Å². The van der Waals surface area contributed by atoms with E-state index in [4.69, 9.17) is 9.47 Å². The van der Waals surface area contributed by atoms with Crippen LogP contribution in [0.2, 0.25) is 0 Å². The molecule has 3 heteroatoms. The summed E-state index contributed by atoms with van der Waals surface area (Å²) in [4.78, 5) is 0. The summed E-state index contributed by atoms with van der Waals surface area (Å²) < 4.78 is 11.1. The van der Waals surface area contributed by atoms with Gasteiger partial charge in [-0.05, 0) is 43.8 Å². The lowest BCUT2D eigenvalue weighted by Gasteiger charge is -2.35. The molecule has 0 radical (unpaired) electrons. The molecule has 2 fully saturated rings. The average molecular weight is 247 g/mol. The zero-order valence-electron chi connectivity index (χ0n) is 11.1. The van der Waals surface area contributed by atoms with Gasteiger partial charge in [0, 0.05) is 5.56 Å². The second kappa shape index (κ2) is 5.00. The summed E-state index contributed by atoms with van der Waals surface area (Å²) in [5, 5.41) is 3.45. The van der Waals surface area contributed by atoms with E-state index >= 15 is 0 Å². The number of ether oxygens (including phenoxy) is 2. The van der Waals surface area contributed by atoms with Crippen molar-refractivity contribution in [1.82, 2.24) is 5.32 Å². The van der Waals surface area contributed by atoms with Crippen LogP contribution in [0.1, 0.15) is 43.6 Å². The lowest BCUT2D eigenvalue weighted by Crippen LogP contribution is -2.34. The fraction of sp³-hybridized carbons (Fsp3) is 0.600. The average Bonchev–Trinajstić information content (AvgIpc) is 2.36. The molecule has 2 aliphatic heterocycles. The molecule has 18 heavy (non-hydrogen) atoms. The van der Waals surface area contributed by atoms with E-state index in [1.807, 2.05) is 6.92 Å². The first-order valence-corrected chi connectivity index (χ1v) is 6.85. The largest absolute Gasteiger partial charge is 0.320 e. The maximum absolute atomic E-state index is 5.56. The highest BCUT2D eigenvalue weighted by atomic mass is 16.9. The van der Waals surface area contributed by atoms with Crippen molar-refractivity contribution in [3.8, 4) is 0 Å². The third-order valence-electron chi connectivity index (χ3n) is 4.03. The number of nitrogens with one attached hydrogen (secondary N) is 1. The Hall–Kier alpha value is -0.900. The van der Waals surface area contributed by atoms with Crippen LogP contribution in [0, 0.1) is 5.92 Å². The van der Waals surface area contributed by atoms with Crippen molar-refractivity contribution in [3.63, 3.8) is 0 Å². The van der Waals surface area contributed by atoms with Gasteiger partial charge < -0.3 is 14.8 Å². The molecule has 0 bridgehead atoms. The molecule has 3 nitrogen and oxygen atoms in total. The van der Waals surface area contributed by atoms with Crippen LogP contribution < -0.4 is 5.32 Å². The number of hydrogen-bond donors (Lipinski definition) is 1. The van der Waals surface area contributed by atoms with E-state index in [0.29, 0.717) is 11.8 Å². The molecule has 98 valence electrons. The molecule has 2 saturated heterocycles. The molecule has 2 heterocycles. The molecule has 1 N–H and O–H groups in total. The van der Waals surface area contributed by atoms with Gasteiger partial charge in [-0.2, -0.15) is 0 Å². The molecule has 2 aliphatic rings. The molecular formula is C15H21NO2. The van der Waals surface area contributed by atoms with Crippen LogP contribution in [0.15, 0.2) is 24.3 Å². The van der Waals surface area contributed by atoms with Crippen LogP contribution >= 0.6 is 0 Å². The SMILES string of the molecule is CC1OC(c2cccc([C@H]3CCNC[C@H]3C)c2)O1. The summed E-state index contributed by atoms with van der Waals surface area (Å²) in [5.41, 5.74) is 2.57. The van der Waals surface area contributed by atoms with E-state index in [-0.39, 0.29) is 12.6 Å². The summed E-state index contributed by atoms with van der Waals surface area (Å²) in [5.74, 6) is 1.35. The molecule has 2 atom stereocenters. The fourth-order valence-electron chi connectivity index (χ4n) is 2.96. The highest BCUT2D eigenvalue weighted by molar-refractivity contribution is 5.28. The highest BCUT2D eigenvalue weighted by Gasteiger charge is 2.29. The van der Waals surface area contributed by atoms with Gasteiger partial charge in [0.25, 0.3) is 0 Å². The Morgan fingerprint density at radius 3 is 2.67 bits per heavy atom. The van der Waals surface area contributed by atoms with Gasteiger partial charge in [-0.15, -0.1) is 0 Å². The normalized spacial score (nSPS) is 36.1. The van der Waals surface area contributed by atoms with Gasteiger partial charge in [0.05, 0.1) is 0 Å². The molecule has 3 rings (SSSR count). The molecule has 0 aromatic heterocycles. The second-order valence-electron chi connectivity index (χ2n) is 5.42. The predicted molar refractivity (Wildman–Crippen MR) is 70.2 cm³/mol. The monoisotopic (exact) mass is 247 g/mol. The minimum absolute atomic E-state index is 0.0588. The molecule has 1 aromatic rings. The van der Waals surface area contributed by atoms with Crippen LogP contribution in [-0.4, -0.2) is 19.4 Å². The first-order chi connectivity index (χ1) is 8.74. The third kappa shape index (κ3) is 2.30. The summed E-state index contributed by atoms with van der Waals surface area (Å²) in [7, 11) is 0. The summed E-state index contributed by atoms with van der Waals surface area (Å²) in [6.07, 6.45) is 1.00. The van der Waals surface area contributed by atoms with E-state index in [9.17, 15) is 0 Å². The van der Waals surface area contributed by atoms with Crippen LogP contribution in [-0.2, 0) is 9.47 Å². The molecule has 0 saturated carbocycles. The molecule has 0 aliphatic carbocycles. The first-order valence-electron chi connectivity index (χ1n) is 6.85. The predicted octanol–water partition coefficient (Wildman–Crippen LogP) is 2.79. The van der Waals surface area contributed by atoms with Crippen molar-refractivity contribution in [2.45, 2.75) is 38.8 Å². The number of piperidine rings is 1. The topological polar surface area (TPSA) is 30.5 Å². The maximum Gasteiger partial charge on any atom is 0.189 e. The minimum Gasteiger partial charge on any atom is -0.320 e. The summed E-state index contributed by atoms with van der Waals surface area (Å²) in [6.45, 7) is 6.48. The number of hydrogen-bond acceptors (Lipinski definition) is 3. The Kier molecular flexibility index (Phi) is 3.37. The van der Waals surface area contributed by atoms with Gasteiger partial charge in [-0.1, -0.05) is 31.2 Å². The number of rotatable bonds is 2. The Bertz CT molecular complexity index is 415. The Labute approximate surface area is 108 Å². The van der Waals surface area contributed by atoms with Crippen LogP contribution in [0.5, 0.6) is 0 Å². The fourth-order valence-corrected chi connectivity index (χ4v) is 2.96. The van der Waals surface area contributed by atoms with Gasteiger partial charge in [0.15, 0.2) is 12.6 Å². The summed E-state index contributed by atoms with van der Waals surface area (Å²) >= 11 is 0. The van der Waals surface area contributed by atoms with Crippen molar-refractivity contribution >= 4 is 0 Å². The first kappa shape index (κ1) is 12.2. The molecule has 1 aromatic carbocycles. The molecular weight excluding hydrogens is 226 g/mol. The van der Waals surface area contributed by atoms with Crippen LogP contribution in [0.3, 0.4) is 0 Å². The lowest BCUT2D eigenvalue weighted by atomic mass is 9.82. The number of benzene rings is 1. The van der Waals surface area contributed by atoms with Crippen molar-refractivity contribution in [3.05, 3.63) is 35.4 Å². The smallest absolute Gasteiger partial charge is 0.189 e. The molecule has 0 unspecified atom stereocenters. The van der Waals surface area contributed by atoms with Crippen LogP contribution in [0.25, 0.3) is 0 Å². The third-order valence-corrected chi connectivity index (χ3v) is 4.03. The molecule has 0 spiro atoms. The van der Waals surface area contributed by atoms with Gasteiger partial charge in [0.1, 0.15) is 0 Å². The zero-order chi connectivity index (χ0) is 12.5. The maximum atomic E-state index is 5.56. The second-order valence-corrected chi connectivity index (χ2v) is 5.42. The standard InChI is InChI=1S/C15H21NO2/c1-10-9-16-7-6-14(10)12-4-3-5-13(8-12)15-17-11(2)18-15/h3-5,8,10-11,14-16H,6-7,9H2,1-2H3/t10-,11?,14+,15?/m1/s1. The van der Waals surface area contributed by atoms with Crippen molar-refractivity contribution in [1.29, 1.82) is 0 Å². The van der Waals surface area contributed by atoms with Gasteiger partial charge in [-0.3, -0.25) is 0 Å². The van der Waals surface area contributed by atoms with Gasteiger partial charge in [0.2, 0.25) is 0 Å². The Morgan fingerprint density at radius 1 is 1.17 bits per heavy atom. The summed E-state index contributed by atoms with van der Waals surface area (Å²) in [6, 6.07) is 8.70. The Balaban J connectivity index is 1.77. The zero-order valence-corrected chi connectivity index (χ0v) is 11.1. The van der Waals surface area contributed by atoms with Crippen LogP contribution in [0.4, 0.5) is 0 Å². The quantitative estimate of drug-likeness (QED) is 0.871. The van der Waals surface area contributed by atoms with Gasteiger partial charge >= 0.3 is 0 Å². The van der Waals surface area contributed by atoms with E-state index in [1.165, 1.54) is 12.0 Å². The highest BCUT2D eigenvalue weighted by Crippen LogP contribution is 2.35. The van der Waals surface area contributed by atoms with E-state index < -0.39 is 0 Å². The molecule has 0 amide bonds. The van der Waals surface area contributed by atoms with Crippen molar-refractivity contribution in [2.24, 2.45) is 5.92 Å². The van der Waals surface area contributed by atoms with E-state index in [2.05, 4.69) is 36.5 Å². The van der Waals surface area contributed by atoms with E-state index in [0.717, 1.165) is 18.7 Å². The van der Waals surface area contributed by atoms with E-state index in [1.54, 1.807) is 0 Å². The van der Waals surface area contributed by atoms with Crippen molar-refractivity contribution in [2.75, 3.05) is 13.1 Å². The minimum atomic E-state index is -0.156. The lowest BCUT2D eigenvalue weighted by molar-refractivity contribution is -0.382.